The maximum absolute atomic E-state index is 13.9. The van der Waals surface area contributed by atoms with E-state index in [9.17, 15) is 27.1 Å². The first kappa shape index (κ1) is 32.1. The number of aliphatic hydroxyl groups is 1. The summed E-state index contributed by atoms with van der Waals surface area (Å²) in [7, 11) is -3.71. The lowest BCUT2D eigenvalue weighted by Gasteiger charge is -2.41. The van der Waals surface area contributed by atoms with Gasteiger partial charge in [0.1, 0.15) is 11.6 Å². The molecule has 0 spiro atoms. The van der Waals surface area contributed by atoms with Gasteiger partial charge in [-0.25, -0.2) is 22.3 Å². The Bertz CT molecular complexity index is 1240. The number of primary sulfonamides is 1. The second kappa shape index (κ2) is 13.5. The van der Waals surface area contributed by atoms with Crippen LogP contribution in [0.2, 0.25) is 0 Å². The zero-order valence-corrected chi connectivity index (χ0v) is 24.5. The van der Waals surface area contributed by atoms with Gasteiger partial charge in [-0.2, -0.15) is 0 Å². The lowest BCUT2D eigenvalue weighted by atomic mass is 9.74. The number of carbonyl (C=O) groups excluding carboxylic acids is 1. The van der Waals surface area contributed by atoms with E-state index in [-0.39, 0.29) is 48.1 Å². The molecule has 0 bridgehead atoms. The van der Waals surface area contributed by atoms with Gasteiger partial charge < -0.3 is 15.7 Å². The quantitative estimate of drug-likeness (QED) is 0.301. The van der Waals surface area contributed by atoms with Gasteiger partial charge in [-0.1, -0.05) is 64.3 Å². The average Bonchev–Trinajstić information content (AvgIpc) is 2.85. The minimum absolute atomic E-state index is 0.00896. The summed E-state index contributed by atoms with van der Waals surface area (Å²) in [6.45, 7) is 6.65. The van der Waals surface area contributed by atoms with Gasteiger partial charge in [0.2, 0.25) is 15.9 Å². The molecule has 5 N–H and O–H groups in total. The van der Waals surface area contributed by atoms with Gasteiger partial charge >= 0.3 is 0 Å². The Hall–Kier alpha value is -2.40. The molecule has 0 aliphatic heterocycles. The summed E-state index contributed by atoms with van der Waals surface area (Å²) in [4.78, 5) is 12.7. The zero-order chi connectivity index (χ0) is 29.6. The van der Waals surface area contributed by atoms with Crippen molar-refractivity contribution in [1.82, 2.24) is 10.6 Å². The number of hydrogen-bond acceptors (Lipinski definition) is 5. The third-order valence-corrected chi connectivity index (χ3v) is 8.52. The van der Waals surface area contributed by atoms with Crippen LogP contribution >= 0.6 is 0 Å². The first-order valence-corrected chi connectivity index (χ1v) is 15.7. The third-order valence-electron chi connectivity index (χ3n) is 7.66. The fourth-order valence-corrected chi connectivity index (χ4v) is 5.97. The maximum atomic E-state index is 13.9. The summed E-state index contributed by atoms with van der Waals surface area (Å²) < 4.78 is 50.3. The molecule has 1 amide bonds. The Morgan fingerprint density at radius 3 is 2.33 bits per heavy atom. The lowest BCUT2D eigenvalue weighted by Crippen LogP contribution is -2.53. The zero-order valence-electron chi connectivity index (χ0n) is 23.7. The molecule has 2 aromatic rings. The number of benzene rings is 2. The molecule has 0 aromatic heterocycles. The number of sulfonamides is 1. The van der Waals surface area contributed by atoms with Crippen molar-refractivity contribution >= 4 is 15.9 Å². The molecule has 7 nitrogen and oxygen atoms in total. The van der Waals surface area contributed by atoms with Crippen molar-refractivity contribution < 1.29 is 27.1 Å². The molecule has 0 heterocycles. The minimum Gasteiger partial charge on any atom is -0.390 e. The van der Waals surface area contributed by atoms with Crippen LogP contribution in [-0.2, 0) is 32.2 Å². The second-order valence-corrected chi connectivity index (χ2v) is 13.8. The summed E-state index contributed by atoms with van der Waals surface area (Å²) >= 11 is 0. The highest BCUT2D eigenvalue weighted by molar-refractivity contribution is 7.89. The highest BCUT2D eigenvalue weighted by atomic mass is 32.2. The van der Waals surface area contributed by atoms with Crippen molar-refractivity contribution in [1.29, 1.82) is 0 Å². The van der Waals surface area contributed by atoms with Gasteiger partial charge in [0.15, 0.2) is 0 Å². The van der Waals surface area contributed by atoms with E-state index >= 15 is 0 Å². The summed E-state index contributed by atoms with van der Waals surface area (Å²) in [5, 5.41) is 22.7. The van der Waals surface area contributed by atoms with Crippen molar-refractivity contribution in [2.75, 3.05) is 12.3 Å². The van der Waals surface area contributed by atoms with Crippen LogP contribution < -0.4 is 15.8 Å². The molecule has 1 saturated carbocycles. The Morgan fingerprint density at radius 1 is 1.07 bits per heavy atom. The van der Waals surface area contributed by atoms with Gasteiger partial charge in [-0.3, -0.25) is 4.79 Å². The average molecular weight is 580 g/mol. The van der Waals surface area contributed by atoms with Gasteiger partial charge in [0, 0.05) is 24.6 Å². The molecule has 2 unspecified atom stereocenters. The highest BCUT2D eigenvalue weighted by Gasteiger charge is 2.35. The number of carbonyl (C=O) groups is 1. The molecule has 0 radical (unpaired) electrons. The maximum Gasteiger partial charge on any atom is 0.220 e. The Labute approximate surface area is 237 Å². The SMILES string of the molecule is CC(C)(C)c1cccc(C2(NCC(O)C(Cc3cc(F)cc(F)c3)NC(=O)CCCS(N)(=O)=O)CCCCC2)c1. The van der Waals surface area contributed by atoms with E-state index in [1.165, 1.54) is 17.7 Å². The molecular weight excluding hydrogens is 536 g/mol. The predicted octanol–water partition coefficient (Wildman–Crippen LogP) is 4.17. The van der Waals surface area contributed by atoms with E-state index in [0.29, 0.717) is 0 Å². The fraction of sp³-hybridized carbons (Fsp3) is 0.567. The standard InChI is InChI=1S/C30H43F2N3O4S/c1-29(2,3)22-9-7-10-23(18-22)30(12-5-4-6-13-30)34-20-27(36)26(17-21-15-24(31)19-25(32)16-21)35-28(37)11-8-14-40(33,38)39/h7,9-10,15-16,18-19,26-27,34,36H,4-6,8,11-14,17,20H2,1-3H3,(H,35,37)(H2,33,38,39). The van der Waals surface area contributed by atoms with E-state index < -0.39 is 39.7 Å². The van der Waals surface area contributed by atoms with E-state index in [1.807, 2.05) is 0 Å². The van der Waals surface area contributed by atoms with E-state index in [4.69, 9.17) is 5.14 Å². The number of rotatable bonds is 12. The van der Waals surface area contributed by atoms with Crippen molar-refractivity contribution in [3.63, 3.8) is 0 Å². The molecule has 40 heavy (non-hydrogen) atoms. The van der Waals surface area contributed by atoms with Crippen LogP contribution in [0.3, 0.4) is 0 Å². The molecule has 2 atom stereocenters. The molecule has 2 aromatic carbocycles. The highest BCUT2D eigenvalue weighted by Crippen LogP contribution is 2.38. The number of nitrogens with two attached hydrogens (primary N) is 1. The van der Waals surface area contributed by atoms with E-state index in [1.54, 1.807) is 0 Å². The van der Waals surface area contributed by atoms with Gasteiger partial charge in [0.25, 0.3) is 0 Å². The normalized spacial score (nSPS) is 17.3. The van der Waals surface area contributed by atoms with Crippen LogP contribution in [0.1, 0.15) is 82.4 Å². The Kier molecular flexibility index (Phi) is 10.8. The largest absolute Gasteiger partial charge is 0.390 e. The molecule has 10 heteroatoms. The number of hydrogen-bond donors (Lipinski definition) is 4. The van der Waals surface area contributed by atoms with Crippen LogP contribution in [0.5, 0.6) is 0 Å². The van der Waals surface area contributed by atoms with Crippen LogP contribution in [0.4, 0.5) is 8.78 Å². The summed E-state index contributed by atoms with van der Waals surface area (Å²) in [6, 6.07) is 10.8. The molecule has 222 valence electrons. The van der Waals surface area contributed by atoms with Crippen LogP contribution in [0.25, 0.3) is 0 Å². The molecule has 0 saturated heterocycles. The fourth-order valence-electron chi connectivity index (χ4n) is 5.43. The van der Waals surface area contributed by atoms with Crippen molar-refractivity contribution in [3.05, 3.63) is 70.8 Å². The topological polar surface area (TPSA) is 122 Å². The summed E-state index contributed by atoms with van der Waals surface area (Å²) in [5.74, 6) is -2.32. The molecular formula is C30H43F2N3O4S. The Balaban J connectivity index is 1.80. The van der Waals surface area contributed by atoms with Crippen molar-refractivity contribution in [3.8, 4) is 0 Å². The molecule has 3 rings (SSSR count). The first-order chi connectivity index (χ1) is 18.7. The van der Waals surface area contributed by atoms with Gasteiger partial charge in [-0.05, 0) is 59.9 Å². The molecule has 1 aliphatic carbocycles. The molecule has 1 aliphatic rings. The predicted molar refractivity (Wildman–Crippen MR) is 153 cm³/mol. The van der Waals surface area contributed by atoms with Gasteiger partial charge in [-0.15, -0.1) is 0 Å². The minimum atomic E-state index is -3.71. The number of aliphatic hydroxyl groups excluding tert-OH is 1. The van der Waals surface area contributed by atoms with Gasteiger partial charge in [0.05, 0.1) is 17.9 Å². The Morgan fingerprint density at radius 2 is 1.73 bits per heavy atom. The monoisotopic (exact) mass is 579 g/mol. The summed E-state index contributed by atoms with van der Waals surface area (Å²) in [6.07, 6.45) is 3.81. The number of halogens is 2. The third kappa shape index (κ3) is 9.61. The first-order valence-electron chi connectivity index (χ1n) is 14.0. The van der Waals surface area contributed by atoms with Crippen LogP contribution in [0.15, 0.2) is 42.5 Å². The van der Waals surface area contributed by atoms with Crippen molar-refractivity contribution in [2.45, 2.75) is 95.2 Å². The smallest absolute Gasteiger partial charge is 0.220 e. The lowest BCUT2D eigenvalue weighted by molar-refractivity contribution is -0.122. The molecule has 1 fully saturated rings. The summed E-state index contributed by atoms with van der Waals surface area (Å²) in [5.41, 5.74) is 2.29. The second-order valence-electron chi connectivity index (χ2n) is 12.0. The van der Waals surface area contributed by atoms with E-state index in [2.05, 4.69) is 55.7 Å². The van der Waals surface area contributed by atoms with Crippen molar-refractivity contribution in [2.24, 2.45) is 5.14 Å². The van der Waals surface area contributed by atoms with E-state index in [0.717, 1.165) is 43.7 Å². The number of amides is 1. The van der Waals surface area contributed by atoms with Crippen LogP contribution in [0, 0.1) is 11.6 Å². The van der Waals surface area contributed by atoms with Crippen LogP contribution in [-0.4, -0.2) is 43.9 Å². The number of nitrogens with one attached hydrogen (secondary N) is 2.